The largest absolute Gasteiger partial charge is 0.355 e. The molecular weight excluding hydrogens is 404 g/mol. The first-order valence-corrected chi connectivity index (χ1v) is 11.2. The lowest BCUT2D eigenvalue weighted by atomic mass is 9.96. The Kier molecular flexibility index (Phi) is 5.30. The minimum absolute atomic E-state index is 0.146. The van der Waals surface area contributed by atoms with Gasteiger partial charge in [-0.25, -0.2) is 4.68 Å². The molecule has 4 rings (SSSR count). The first kappa shape index (κ1) is 20.1. The van der Waals surface area contributed by atoms with Crippen LogP contribution in [-0.2, 0) is 21.4 Å². The highest BCUT2D eigenvalue weighted by atomic mass is 32.2. The van der Waals surface area contributed by atoms with Gasteiger partial charge in [-0.15, -0.1) is 4.40 Å². The molecule has 1 atom stereocenters. The fourth-order valence-electron chi connectivity index (χ4n) is 3.90. The van der Waals surface area contributed by atoms with Gasteiger partial charge in [0.25, 0.3) is 10.0 Å². The van der Waals surface area contributed by atoms with Gasteiger partial charge in [0.15, 0.2) is 5.84 Å². The number of carbonyl (C=O) groups is 1. The maximum absolute atomic E-state index is 12.9. The molecule has 1 N–H and O–H groups in total. The average Bonchev–Trinajstić information content (AvgIpc) is 3.22. The highest BCUT2D eigenvalue weighted by molar-refractivity contribution is 7.90. The number of aryl methyl sites for hydroxylation is 2. The van der Waals surface area contributed by atoms with Gasteiger partial charge in [-0.2, -0.15) is 18.8 Å². The molecule has 1 fully saturated rings. The second-order valence-electron chi connectivity index (χ2n) is 7.46. The summed E-state index contributed by atoms with van der Waals surface area (Å²) in [7, 11) is -3.69. The molecule has 0 saturated carbocycles. The third kappa shape index (κ3) is 3.80. The van der Waals surface area contributed by atoms with Crippen LogP contribution in [0.1, 0.15) is 30.5 Å². The van der Waals surface area contributed by atoms with E-state index in [0.717, 1.165) is 12.1 Å². The number of sulfonamides is 1. The molecule has 9 nitrogen and oxygen atoms in total. The summed E-state index contributed by atoms with van der Waals surface area (Å²) in [6.45, 7) is 3.27. The first-order valence-electron chi connectivity index (χ1n) is 9.80. The molecule has 3 heterocycles. The summed E-state index contributed by atoms with van der Waals surface area (Å²) in [4.78, 5) is 15.0. The van der Waals surface area contributed by atoms with Crippen molar-refractivity contribution in [3.63, 3.8) is 0 Å². The van der Waals surface area contributed by atoms with Crippen molar-refractivity contribution < 1.29 is 13.2 Å². The molecule has 10 heteroatoms. The number of nitrogens with zero attached hydrogens (tertiary/aromatic N) is 5. The van der Waals surface area contributed by atoms with Gasteiger partial charge in [-0.1, -0.05) is 12.1 Å². The number of anilines is 1. The summed E-state index contributed by atoms with van der Waals surface area (Å²) in [6.07, 6.45) is 1.76. The van der Waals surface area contributed by atoms with Crippen LogP contribution in [0.15, 0.2) is 39.6 Å². The molecule has 1 amide bonds. The highest BCUT2D eigenvalue weighted by Gasteiger charge is 2.35. The number of amidine groups is 1. The molecule has 1 aromatic carbocycles. The van der Waals surface area contributed by atoms with E-state index in [9.17, 15) is 13.2 Å². The molecule has 0 bridgehead atoms. The van der Waals surface area contributed by atoms with Crippen molar-refractivity contribution in [2.75, 3.05) is 18.4 Å². The zero-order valence-electron chi connectivity index (χ0n) is 16.6. The molecular formula is C20H22N6O3S. The summed E-state index contributed by atoms with van der Waals surface area (Å²) in [5, 5.41) is 16.1. The van der Waals surface area contributed by atoms with Crippen LogP contribution in [0.2, 0.25) is 0 Å². The fourth-order valence-corrected chi connectivity index (χ4v) is 5.13. The van der Waals surface area contributed by atoms with Gasteiger partial charge in [-0.05, 0) is 31.9 Å². The van der Waals surface area contributed by atoms with Crippen molar-refractivity contribution >= 4 is 27.6 Å². The molecule has 2 aliphatic heterocycles. The number of aromatic nitrogens is 2. The molecule has 2 aromatic rings. The van der Waals surface area contributed by atoms with Crippen LogP contribution in [0.4, 0.5) is 5.82 Å². The van der Waals surface area contributed by atoms with Crippen molar-refractivity contribution in [3.05, 3.63) is 41.6 Å². The SMILES string of the molecule is Cc1cc(NC(=O)C2CCCN(C3=NS(=O)(=O)c4ccccc43)C2)n(CCC#N)n1. The number of piperidine rings is 1. The van der Waals surface area contributed by atoms with Crippen molar-refractivity contribution in [1.29, 1.82) is 5.26 Å². The molecule has 0 radical (unpaired) electrons. The monoisotopic (exact) mass is 426 g/mol. The van der Waals surface area contributed by atoms with Crippen LogP contribution in [0.25, 0.3) is 0 Å². The van der Waals surface area contributed by atoms with E-state index in [0.29, 0.717) is 49.7 Å². The maximum atomic E-state index is 12.9. The van der Waals surface area contributed by atoms with E-state index < -0.39 is 10.0 Å². The van der Waals surface area contributed by atoms with E-state index in [1.165, 1.54) is 0 Å². The van der Waals surface area contributed by atoms with E-state index in [1.54, 1.807) is 35.0 Å². The van der Waals surface area contributed by atoms with Crippen LogP contribution in [0, 0.1) is 24.2 Å². The lowest BCUT2D eigenvalue weighted by Gasteiger charge is -2.33. The van der Waals surface area contributed by atoms with Crippen LogP contribution in [0.5, 0.6) is 0 Å². The summed E-state index contributed by atoms with van der Waals surface area (Å²) >= 11 is 0. The lowest BCUT2D eigenvalue weighted by Crippen LogP contribution is -2.43. The molecule has 1 unspecified atom stereocenters. The zero-order valence-corrected chi connectivity index (χ0v) is 17.4. The zero-order chi connectivity index (χ0) is 21.3. The highest BCUT2D eigenvalue weighted by Crippen LogP contribution is 2.30. The normalized spacial score (nSPS) is 19.7. The lowest BCUT2D eigenvalue weighted by molar-refractivity contribution is -0.121. The number of likely N-dealkylation sites (tertiary alicyclic amines) is 1. The Labute approximate surface area is 175 Å². The number of nitrogens with one attached hydrogen (secondary N) is 1. The predicted molar refractivity (Wildman–Crippen MR) is 110 cm³/mol. The molecule has 0 spiro atoms. The smallest absolute Gasteiger partial charge is 0.285 e. The number of amides is 1. The standard InChI is InChI=1S/C20H22N6O3S/c1-14-12-18(26(23-14)11-5-9-21)22-20(27)15-6-4-10-25(13-15)19-16-7-2-3-8-17(16)30(28,29)24-19/h2-3,7-8,12,15H,4-6,10-11,13H2,1H3,(H,22,27). The van der Waals surface area contributed by atoms with E-state index in [1.807, 2.05) is 11.8 Å². The van der Waals surface area contributed by atoms with E-state index in [-0.39, 0.29) is 16.7 Å². The Morgan fingerprint density at radius 1 is 1.37 bits per heavy atom. The number of nitriles is 1. The number of hydrogen-bond donors (Lipinski definition) is 1. The Morgan fingerprint density at radius 3 is 2.97 bits per heavy atom. The molecule has 156 valence electrons. The molecule has 0 aliphatic carbocycles. The van der Waals surface area contributed by atoms with Crippen LogP contribution in [0.3, 0.4) is 0 Å². The Bertz CT molecular complexity index is 1160. The molecule has 1 saturated heterocycles. The second kappa shape index (κ2) is 7.91. The maximum Gasteiger partial charge on any atom is 0.285 e. The number of benzene rings is 1. The summed E-state index contributed by atoms with van der Waals surface area (Å²) in [6, 6.07) is 10.6. The van der Waals surface area contributed by atoms with Crippen molar-refractivity contribution in [2.24, 2.45) is 10.3 Å². The van der Waals surface area contributed by atoms with Gasteiger partial charge in [0, 0.05) is 24.7 Å². The average molecular weight is 427 g/mol. The van der Waals surface area contributed by atoms with E-state index in [4.69, 9.17) is 5.26 Å². The Morgan fingerprint density at radius 2 is 2.17 bits per heavy atom. The predicted octanol–water partition coefficient (Wildman–Crippen LogP) is 1.90. The number of carbonyl (C=O) groups excluding carboxylic acids is 1. The topological polar surface area (TPSA) is 120 Å². The quantitative estimate of drug-likeness (QED) is 0.797. The summed E-state index contributed by atoms with van der Waals surface area (Å²) < 4.78 is 30.3. The number of rotatable bonds is 4. The minimum Gasteiger partial charge on any atom is -0.355 e. The van der Waals surface area contributed by atoms with Crippen LogP contribution >= 0.6 is 0 Å². The van der Waals surface area contributed by atoms with Crippen LogP contribution in [-0.4, -0.2) is 47.9 Å². The van der Waals surface area contributed by atoms with Gasteiger partial charge >= 0.3 is 0 Å². The van der Waals surface area contributed by atoms with Crippen molar-refractivity contribution in [2.45, 2.75) is 37.6 Å². The van der Waals surface area contributed by atoms with Crippen molar-refractivity contribution in [3.8, 4) is 6.07 Å². The van der Waals surface area contributed by atoms with Gasteiger partial charge in [0.05, 0.1) is 30.6 Å². The minimum atomic E-state index is -3.69. The van der Waals surface area contributed by atoms with Gasteiger partial charge < -0.3 is 10.2 Å². The van der Waals surface area contributed by atoms with Crippen LogP contribution < -0.4 is 5.32 Å². The van der Waals surface area contributed by atoms with Crippen molar-refractivity contribution in [1.82, 2.24) is 14.7 Å². The fraction of sp³-hybridized carbons (Fsp3) is 0.400. The number of hydrogen-bond acceptors (Lipinski definition) is 6. The third-order valence-corrected chi connectivity index (χ3v) is 6.62. The Balaban J connectivity index is 1.50. The Hall–Kier alpha value is -3.19. The summed E-state index contributed by atoms with van der Waals surface area (Å²) in [5.74, 6) is 0.526. The third-order valence-electron chi connectivity index (χ3n) is 5.29. The van der Waals surface area contributed by atoms with E-state index in [2.05, 4.69) is 20.9 Å². The van der Waals surface area contributed by atoms with E-state index >= 15 is 0 Å². The van der Waals surface area contributed by atoms with Gasteiger partial charge in [0.2, 0.25) is 5.91 Å². The second-order valence-corrected chi connectivity index (χ2v) is 9.04. The molecule has 1 aromatic heterocycles. The number of fused-ring (bicyclic) bond motifs is 1. The molecule has 30 heavy (non-hydrogen) atoms. The summed E-state index contributed by atoms with van der Waals surface area (Å²) in [5.41, 5.74) is 1.35. The van der Waals surface area contributed by atoms with Gasteiger partial charge in [-0.3, -0.25) is 4.79 Å². The first-order chi connectivity index (χ1) is 14.4. The molecule has 2 aliphatic rings. The van der Waals surface area contributed by atoms with Gasteiger partial charge in [0.1, 0.15) is 10.7 Å².